The van der Waals surface area contributed by atoms with Crippen LogP contribution in [0.2, 0.25) is 0 Å². The molecule has 6 heteroatoms. The van der Waals surface area contributed by atoms with Crippen molar-refractivity contribution in [2.75, 3.05) is 13.1 Å². The lowest BCUT2D eigenvalue weighted by atomic mass is 10.2. The molecule has 0 bridgehead atoms. The molecule has 1 fully saturated rings. The zero-order chi connectivity index (χ0) is 15.2. The fraction of sp³-hybridized carbons (Fsp3) is 0.467. The minimum Gasteiger partial charge on any atom is -0.338 e. The lowest BCUT2D eigenvalue weighted by Crippen LogP contribution is -2.44. The number of rotatable bonds is 6. The maximum Gasteiger partial charge on any atom is 0.321 e. The molecule has 114 valence electrons. The SMILES string of the molecule is CCNC(=O)NC(=O)CN(Cc1ccccc1F)C1CC1. The molecule has 1 aliphatic carbocycles. The van der Waals surface area contributed by atoms with E-state index < -0.39 is 6.03 Å². The summed E-state index contributed by atoms with van der Waals surface area (Å²) in [5.74, 6) is -0.642. The second-order valence-corrected chi connectivity index (χ2v) is 5.14. The van der Waals surface area contributed by atoms with Gasteiger partial charge in [-0.15, -0.1) is 0 Å². The van der Waals surface area contributed by atoms with E-state index in [-0.39, 0.29) is 18.3 Å². The van der Waals surface area contributed by atoms with Gasteiger partial charge in [0.25, 0.3) is 0 Å². The summed E-state index contributed by atoms with van der Waals surface area (Å²) in [7, 11) is 0. The number of nitrogens with one attached hydrogen (secondary N) is 2. The number of imide groups is 1. The van der Waals surface area contributed by atoms with Crippen molar-refractivity contribution in [1.82, 2.24) is 15.5 Å². The molecule has 0 unspecified atom stereocenters. The molecule has 3 amide bonds. The summed E-state index contributed by atoms with van der Waals surface area (Å²) in [5, 5.41) is 4.77. The first-order valence-corrected chi connectivity index (χ1v) is 7.15. The molecule has 0 atom stereocenters. The average Bonchev–Trinajstić information content (AvgIpc) is 3.25. The van der Waals surface area contributed by atoms with E-state index in [1.807, 2.05) is 4.90 Å². The van der Waals surface area contributed by atoms with Crippen molar-refractivity contribution in [1.29, 1.82) is 0 Å². The Bertz CT molecular complexity index is 517. The number of benzene rings is 1. The summed E-state index contributed by atoms with van der Waals surface area (Å²) in [6, 6.07) is 6.34. The first-order valence-electron chi connectivity index (χ1n) is 7.15. The van der Waals surface area contributed by atoms with Crippen molar-refractivity contribution in [2.45, 2.75) is 32.4 Å². The smallest absolute Gasteiger partial charge is 0.321 e. The van der Waals surface area contributed by atoms with Gasteiger partial charge in [-0.05, 0) is 25.8 Å². The monoisotopic (exact) mass is 293 g/mol. The summed E-state index contributed by atoms with van der Waals surface area (Å²) in [5.41, 5.74) is 0.565. The van der Waals surface area contributed by atoms with Crippen molar-refractivity contribution >= 4 is 11.9 Å². The van der Waals surface area contributed by atoms with Gasteiger partial charge in [-0.1, -0.05) is 18.2 Å². The van der Waals surface area contributed by atoms with Gasteiger partial charge in [0.1, 0.15) is 5.82 Å². The van der Waals surface area contributed by atoms with Crippen molar-refractivity contribution in [2.24, 2.45) is 0 Å². The topological polar surface area (TPSA) is 61.4 Å². The average molecular weight is 293 g/mol. The number of carbonyl (C=O) groups is 2. The maximum atomic E-state index is 13.7. The molecule has 1 saturated carbocycles. The fourth-order valence-corrected chi connectivity index (χ4v) is 2.15. The highest BCUT2D eigenvalue weighted by atomic mass is 19.1. The Kier molecular flexibility index (Phi) is 5.27. The molecule has 5 nitrogen and oxygen atoms in total. The van der Waals surface area contributed by atoms with Crippen LogP contribution in [0.4, 0.5) is 9.18 Å². The van der Waals surface area contributed by atoms with Gasteiger partial charge in [0.15, 0.2) is 0 Å². The Labute approximate surface area is 123 Å². The van der Waals surface area contributed by atoms with Crippen LogP contribution in [-0.2, 0) is 11.3 Å². The van der Waals surface area contributed by atoms with Crippen molar-refractivity contribution < 1.29 is 14.0 Å². The Hall–Kier alpha value is -1.95. The van der Waals surface area contributed by atoms with Gasteiger partial charge in [-0.2, -0.15) is 0 Å². The van der Waals surface area contributed by atoms with E-state index in [0.29, 0.717) is 24.7 Å². The molecule has 1 aromatic rings. The predicted octanol–water partition coefficient (Wildman–Crippen LogP) is 1.64. The second kappa shape index (κ2) is 7.17. The number of nitrogens with zero attached hydrogens (tertiary/aromatic N) is 1. The number of amides is 3. The lowest BCUT2D eigenvalue weighted by Gasteiger charge is -2.21. The molecule has 2 N–H and O–H groups in total. The predicted molar refractivity (Wildman–Crippen MR) is 77.0 cm³/mol. The van der Waals surface area contributed by atoms with E-state index in [9.17, 15) is 14.0 Å². The molecular weight excluding hydrogens is 273 g/mol. The third-order valence-corrected chi connectivity index (χ3v) is 3.33. The first-order chi connectivity index (χ1) is 10.1. The van der Waals surface area contributed by atoms with E-state index in [0.717, 1.165) is 12.8 Å². The molecule has 1 aliphatic rings. The summed E-state index contributed by atoms with van der Waals surface area (Å²) in [6.45, 7) is 2.70. The van der Waals surface area contributed by atoms with Crippen LogP contribution >= 0.6 is 0 Å². The maximum absolute atomic E-state index is 13.7. The highest BCUT2D eigenvalue weighted by molar-refractivity contribution is 5.95. The van der Waals surface area contributed by atoms with Crippen LogP contribution in [0.25, 0.3) is 0 Å². The Balaban J connectivity index is 1.92. The van der Waals surface area contributed by atoms with Gasteiger partial charge < -0.3 is 5.32 Å². The van der Waals surface area contributed by atoms with E-state index in [1.165, 1.54) is 6.07 Å². The molecule has 0 aliphatic heterocycles. The second-order valence-electron chi connectivity index (χ2n) is 5.14. The van der Waals surface area contributed by atoms with Crippen LogP contribution in [0, 0.1) is 5.82 Å². The third-order valence-electron chi connectivity index (χ3n) is 3.33. The zero-order valence-corrected chi connectivity index (χ0v) is 12.1. The fourth-order valence-electron chi connectivity index (χ4n) is 2.15. The van der Waals surface area contributed by atoms with Crippen molar-refractivity contribution in [3.05, 3.63) is 35.6 Å². The molecule has 21 heavy (non-hydrogen) atoms. The molecule has 2 rings (SSSR count). The molecule has 0 spiro atoms. The van der Waals surface area contributed by atoms with Gasteiger partial charge in [0, 0.05) is 24.7 Å². The molecule has 0 heterocycles. The van der Waals surface area contributed by atoms with Crippen molar-refractivity contribution in [3.8, 4) is 0 Å². The van der Waals surface area contributed by atoms with E-state index in [4.69, 9.17) is 0 Å². The third kappa shape index (κ3) is 4.82. The quantitative estimate of drug-likeness (QED) is 0.838. The number of carbonyl (C=O) groups excluding carboxylic acids is 2. The number of urea groups is 1. The van der Waals surface area contributed by atoms with Gasteiger partial charge in [0.2, 0.25) is 5.91 Å². The standard InChI is InChI=1S/C15H20FN3O2/c1-2-17-15(21)18-14(20)10-19(12-7-8-12)9-11-5-3-4-6-13(11)16/h3-6,12H,2,7-10H2,1H3,(H2,17,18,20,21). The lowest BCUT2D eigenvalue weighted by molar-refractivity contribution is -0.121. The van der Waals surface area contributed by atoms with Crippen LogP contribution in [0.1, 0.15) is 25.3 Å². The van der Waals surface area contributed by atoms with E-state index >= 15 is 0 Å². The normalized spacial score (nSPS) is 14.0. The summed E-state index contributed by atoms with van der Waals surface area (Å²) < 4.78 is 13.7. The number of hydrogen-bond donors (Lipinski definition) is 2. The van der Waals surface area contributed by atoms with Gasteiger partial charge in [0.05, 0.1) is 6.54 Å². The van der Waals surface area contributed by atoms with Gasteiger partial charge in [-0.25, -0.2) is 9.18 Å². The van der Waals surface area contributed by atoms with Gasteiger partial charge >= 0.3 is 6.03 Å². The zero-order valence-electron chi connectivity index (χ0n) is 12.1. The van der Waals surface area contributed by atoms with Crippen LogP contribution in [0.3, 0.4) is 0 Å². The van der Waals surface area contributed by atoms with Crippen LogP contribution in [0.15, 0.2) is 24.3 Å². The van der Waals surface area contributed by atoms with Crippen LogP contribution in [-0.4, -0.2) is 36.0 Å². The minimum atomic E-state index is -0.496. The molecule has 0 saturated heterocycles. The number of halogens is 1. The summed E-state index contributed by atoms with van der Waals surface area (Å²) >= 11 is 0. The summed E-state index contributed by atoms with van der Waals surface area (Å²) in [4.78, 5) is 25.1. The highest BCUT2D eigenvalue weighted by Gasteiger charge is 2.31. The van der Waals surface area contributed by atoms with Crippen molar-refractivity contribution in [3.63, 3.8) is 0 Å². The van der Waals surface area contributed by atoms with Gasteiger partial charge in [-0.3, -0.25) is 15.0 Å². The molecule has 0 radical (unpaired) electrons. The van der Waals surface area contributed by atoms with E-state index in [1.54, 1.807) is 25.1 Å². The minimum absolute atomic E-state index is 0.0934. The highest BCUT2D eigenvalue weighted by Crippen LogP contribution is 2.28. The molecule has 1 aromatic carbocycles. The largest absolute Gasteiger partial charge is 0.338 e. The Morgan fingerprint density at radius 1 is 1.33 bits per heavy atom. The Morgan fingerprint density at radius 3 is 2.67 bits per heavy atom. The van der Waals surface area contributed by atoms with Crippen LogP contribution < -0.4 is 10.6 Å². The van der Waals surface area contributed by atoms with Crippen LogP contribution in [0.5, 0.6) is 0 Å². The molecular formula is C15H20FN3O2. The summed E-state index contributed by atoms with van der Waals surface area (Å²) in [6.07, 6.45) is 2.01. The first kappa shape index (κ1) is 15.4. The number of hydrogen-bond acceptors (Lipinski definition) is 3. The van der Waals surface area contributed by atoms with E-state index in [2.05, 4.69) is 10.6 Å². The Morgan fingerprint density at radius 2 is 2.05 bits per heavy atom. The molecule has 0 aromatic heterocycles.